The number of ketones is 2. The number of hydrogen-bond acceptors (Lipinski definition) is 4. The molecule has 0 heterocycles. The van der Waals surface area contributed by atoms with Crippen molar-refractivity contribution < 1.29 is 19.4 Å². The minimum absolute atomic E-state index is 0.0447. The monoisotopic (exact) mass is 358 g/mol. The Morgan fingerprint density at radius 2 is 1.96 bits per heavy atom. The van der Waals surface area contributed by atoms with E-state index < -0.39 is 5.78 Å². The van der Waals surface area contributed by atoms with Gasteiger partial charge in [0.2, 0.25) is 11.6 Å². The van der Waals surface area contributed by atoms with Gasteiger partial charge in [-0.05, 0) is 66.6 Å². The van der Waals surface area contributed by atoms with Crippen molar-refractivity contribution in [2.45, 2.75) is 65.7 Å². The summed E-state index contributed by atoms with van der Waals surface area (Å²) in [5.74, 6) is 0.0498. The molecule has 0 aliphatic heterocycles. The van der Waals surface area contributed by atoms with E-state index >= 15 is 0 Å². The third-order valence-electron chi connectivity index (χ3n) is 8.37. The van der Waals surface area contributed by atoms with Crippen LogP contribution in [0.2, 0.25) is 0 Å². The first-order chi connectivity index (χ1) is 12.2. The van der Waals surface area contributed by atoms with Gasteiger partial charge >= 0.3 is 0 Å². The minimum Gasteiger partial charge on any atom is -0.504 e. The van der Waals surface area contributed by atoms with E-state index in [-0.39, 0.29) is 33.7 Å². The second-order valence-electron chi connectivity index (χ2n) is 9.77. The highest BCUT2D eigenvalue weighted by molar-refractivity contribution is 6.20. The van der Waals surface area contributed by atoms with Gasteiger partial charge in [0.15, 0.2) is 11.5 Å². The van der Waals surface area contributed by atoms with Gasteiger partial charge in [0.25, 0.3) is 0 Å². The SMILES string of the molecule is COC1=CC(=O)C(O)=C(CC23CC24CCCC(C)(C)C4CCC3C)C1=O. The fraction of sp³-hybridized carbons (Fsp3) is 0.727. The van der Waals surface area contributed by atoms with Crippen LogP contribution in [0.25, 0.3) is 0 Å². The summed E-state index contributed by atoms with van der Waals surface area (Å²) in [5.41, 5.74) is 0.934. The van der Waals surface area contributed by atoms with Crippen LogP contribution in [0.3, 0.4) is 0 Å². The van der Waals surface area contributed by atoms with Crippen LogP contribution in [0.5, 0.6) is 0 Å². The molecule has 0 aromatic carbocycles. The molecule has 0 radical (unpaired) electrons. The van der Waals surface area contributed by atoms with Gasteiger partial charge in [-0.1, -0.05) is 27.2 Å². The molecular weight excluding hydrogens is 328 g/mol. The Morgan fingerprint density at radius 1 is 1.23 bits per heavy atom. The molecule has 3 fully saturated rings. The average Bonchev–Trinajstić information content (AvgIpc) is 3.24. The maximum absolute atomic E-state index is 12.8. The van der Waals surface area contributed by atoms with E-state index in [1.165, 1.54) is 39.2 Å². The summed E-state index contributed by atoms with van der Waals surface area (Å²) >= 11 is 0. The van der Waals surface area contributed by atoms with Crippen LogP contribution in [0.4, 0.5) is 0 Å². The van der Waals surface area contributed by atoms with Crippen molar-refractivity contribution in [1.82, 2.24) is 0 Å². The molecule has 0 amide bonds. The standard InChI is InChI=1S/C22H30O4/c1-13-6-7-17-20(2,3)8-5-9-21(17)12-22(13,21)11-14-18(24)15(23)10-16(26-4)19(14)25/h10,13,17,24H,5-9,11-12H2,1-4H3. The highest BCUT2D eigenvalue weighted by Crippen LogP contribution is 2.83. The first-order valence-electron chi connectivity index (χ1n) is 9.95. The summed E-state index contributed by atoms with van der Waals surface area (Å²) in [5, 5.41) is 10.4. The smallest absolute Gasteiger partial charge is 0.227 e. The topological polar surface area (TPSA) is 63.6 Å². The van der Waals surface area contributed by atoms with Crippen molar-refractivity contribution in [3.05, 3.63) is 23.2 Å². The van der Waals surface area contributed by atoms with Gasteiger partial charge in [-0.25, -0.2) is 0 Å². The Bertz CT molecular complexity index is 743. The lowest BCUT2D eigenvalue weighted by molar-refractivity contribution is -0.120. The average molecular weight is 358 g/mol. The number of aliphatic hydroxyl groups is 1. The van der Waals surface area contributed by atoms with Crippen LogP contribution in [-0.4, -0.2) is 23.8 Å². The van der Waals surface area contributed by atoms with Gasteiger partial charge in [-0.15, -0.1) is 0 Å². The molecule has 142 valence electrons. The lowest BCUT2D eigenvalue weighted by Crippen LogP contribution is -2.44. The molecular formula is C22H30O4. The molecule has 0 aromatic rings. The maximum atomic E-state index is 12.8. The molecule has 4 nitrogen and oxygen atoms in total. The van der Waals surface area contributed by atoms with E-state index in [2.05, 4.69) is 20.8 Å². The quantitative estimate of drug-likeness (QED) is 0.754. The molecule has 4 heteroatoms. The molecule has 3 saturated carbocycles. The zero-order valence-electron chi connectivity index (χ0n) is 16.4. The van der Waals surface area contributed by atoms with Crippen LogP contribution >= 0.6 is 0 Å². The molecule has 4 aliphatic rings. The predicted octanol–water partition coefficient (Wildman–Crippen LogP) is 4.50. The van der Waals surface area contributed by atoms with E-state index in [1.54, 1.807) is 0 Å². The second kappa shape index (κ2) is 5.46. The van der Waals surface area contributed by atoms with E-state index in [9.17, 15) is 14.7 Å². The summed E-state index contributed by atoms with van der Waals surface area (Å²) in [6, 6.07) is 0. The molecule has 0 bridgehead atoms. The Hall–Kier alpha value is -1.58. The third kappa shape index (κ3) is 2.13. The zero-order chi connectivity index (χ0) is 18.9. The highest BCUT2D eigenvalue weighted by Gasteiger charge is 2.75. The second-order valence-corrected chi connectivity index (χ2v) is 9.77. The Morgan fingerprint density at radius 3 is 2.65 bits per heavy atom. The number of rotatable bonds is 3. The van der Waals surface area contributed by atoms with Gasteiger partial charge in [0, 0.05) is 11.6 Å². The maximum Gasteiger partial charge on any atom is 0.227 e. The lowest BCUT2D eigenvalue weighted by atomic mass is 9.53. The number of aliphatic hydroxyl groups excluding tert-OH is 1. The Balaban J connectivity index is 1.71. The number of allylic oxidation sites excluding steroid dienone is 2. The first-order valence-corrected chi connectivity index (χ1v) is 9.95. The van der Waals surface area contributed by atoms with E-state index in [4.69, 9.17) is 4.74 Å². The van der Waals surface area contributed by atoms with Crippen molar-refractivity contribution in [3.8, 4) is 0 Å². The lowest BCUT2D eigenvalue weighted by Gasteiger charge is -2.52. The van der Waals surface area contributed by atoms with Gasteiger partial charge in [0.05, 0.1) is 7.11 Å². The van der Waals surface area contributed by atoms with Crippen molar-refractivity contribution in [2.75, 3.05) is 7.11 Å². The third-order valence-corrected chi connectivity index (χ3v) is 8.37. The van der Waals surface area contributed by atoms with E-state index in [1.807, 2.05) is 0 Å². The van der Waals surface area contributed by atoms with Crippen molar-refractivity contribution in [1.29, 1.82) is 0 Å². The number of carbonyl (C=O) groups is 2. The molecule has 4 atom stereocenters. The fourth-order valence-corrected chi connectivity index (χ4v) is 7.01. The van der Waals surface area contributed by atoms with Crippen LogP contribution in [0, 0.1) is 28.1 Å². The number of ether oxygens (including phenoxy) is 1. The van der Waals surface area contributed by atoms with Crippen LogP contribution < -0.4 is 0 Å². The fourth-order valence-electron chi connectivity index (χ4n) is 7.01. The Labute approximate surface area is 155 Å². The van der Waals surface area contributed by atoms with E-state index in [0.29, 0.717) is 23.7 Å². The number of Topliss-reactive ketones (excluding diaryl/α,β-unsaturated/α-hetero) is 1. The van der Waals surface area contributed by atoms with Crippen molar-refractivity contribution in [2.24, 2.45) is 28.1 Å². The van der Waals surface area contributed by atoms with E-state index in [0.717, 1.165) is 12.5 Å². The highest BCUT2D eigenvalue weighted by atomic mass is 16.5. The molecule has 1 spiro atoms. The summed E-state index contributed by atoms with van der Waals surface area (Å²) in [4.78, 5) is 24.9. The van der Waals surface area contributed by atoms with Gasteiger partial charge in [0.1, 0.15) is 0 Å². The summed E-state index contributed by atoms with van der Waals surface area (Å²) < 4.78 is 5.10. The van der Waals surface area contributed by atoms with Gasteiger partial charge in [-0.2, -0.15) is 0 Å². The minimum atomic E-state index is -0.508. The predicted molar refractivity (Wildman–Crippen MR) is 98.4 cm³/mol. The normalized spacial score (nSPS) is 41.3. The zero-order valence-corrected chi connectivity index (χ0v) is 16.4. The summed E-state index contributed by atoms with van der Waals surface area (Å²) in [7, 11) is 1.40. The molecule has 4 rings (SSSR count). The summed E-state index contributed by atoms with van der Waals surface area (Å²) in [6.45, 7) is 7.09. The van der Waals surface area contributed by atoms with Crippen molar-refractivity contribution >= 4 is 11.6 Å². The first kappa shape index (κ1) is 17.8. The Kier molecular flexibility index (Phi) is 3.74. The molecule has 4 unspecified atom stereocenters. The number of methoxy groups -OCH3 is 1. The molecule has 0 saturated heterocycles. The van der Waals surface area contributed by atoms with Crippen molar-refractivity contribution in [3.63, 3.8) is 0 Å². The largest absolute Gasteiger partial charge is 0.504 e. The summed E-state index contributed by atoms with van der Waals surface area (Å²) in [6.07, 6.45) is 8.89. The van der Waals surface area contributed by atoms with Crippen LogP contribution in [-0.2, 0) is 14.3 Å². The molecule has 26 heavy (non-hydrogen) atoms. The van der Waals surface area contributed by atoms with Crippen LogP contribution in [0.1, 0.15) is 65.7 Å². The number of carbonyl (C=O) groups excluding carboxylic acids is 2. The van der Waals surface area contributed by atoms with Crippen LogP contribution in [0.15, 0.2) is 23.2 Å². The molecule has 0 aromatic heterocycles. The number of hydrogen-bond donors (Lipinski definition) is 1. The molecule has 1 N–H and O–H groups in total. The molecule has 4 aliphatic carbocycles. The van der Waals surface area contributed by atoms with Gasteiger partial charge in [-0.3, -0.25) is 9.59 Å². The van der Waals surface area contributed by atoms with Gasteiger partial charge < -0.3 is 9.84 Å².